The van der Waals surface area contributed by atoms with Crippen LogP contribution in [0.15, 0.2) is 24.4 Å². The van der Waals surface area contributed by atoms with Gasteiger partial charge in [-0.1, -0.05) is 13.2 Å². The molecule has 1 amide bonds. The van der Waals surface area contributed by atoms with E-state index in [4.69, 9.17) is 0 Å². The van der Waals surface area contributed by atoms with Gasteiger partial charge < -0.3 is 4.90 Å². The molecule has 2 saturated heterocycles. The van der Waals surface area contributed by atoms with E-state index in [-0.39, 0.29) is 5.91 Å². The molecule has 2 aliphatic heterocycles. The summed E-state index contributed by atoms with van der Waals surface area (Å²) in [5.74, 6) is 0.221. The van der Waals surface area contributed by atoms with Crippen LogP contribution in [0, 0.1) is 0 Å². The van der Waals surface area contributed by atoms with Gasteiger partial charge in [0.05, 0.1) is 0 Å². The lowest BCUT2D eigenvalue weighted by Crippen LogP contribution is -2.24. The Balaban J connectivity index is 2.33. The summed E-state index contributed by atoms with van der Waals surface area (Å²) in [7, 11) is 0. The Morgan fingerprint density at radius 3 is 2.82 bits per heavy atom. The minimum absolute atomic E-state index is 0.221. The number of carbonyl (C=O) groups is 1. The van der Waals surface area contributed by atoms with Crippen LogP contribution in [-0.4, -0.2) is 16.8 Å². The SMILES string of the molecule is C=C1CC2CCC(=O)N2C1=C. The van der Waals surface area contributed by atoms with Gasteiger partial charge in [0.15, 0.2) is 0 Å². The number of allylic oxidation sites excluding steroid dienone is 1. The minimum Gasteiger partial charge on any atom is -0.309 e. The maximum absolute atomic E-state index is 11.2. The molecule has 2 aliphatic rings. The quantitative estimate of drug-likeness (QED) is 0.510. The zero-order valence-corrected chi connectivity index (χ0v) is 6.47. The van der Waals surface area contributed by atoms with E-state index in [1.54, 1.807) is 0 Å². The topological polar surface area (TPSA) is 20.3 Å². The Bertz CT molecular complexity index is 254. The molecular weight excluding hydrogens is 138 g/mol. The molecule has 1 atom stereocenters. The van der Waals surface area contributed by atoms with Crippen molar-refractivity contribution in [2.24, 2.45) is 0 Å². The molecule has 2 nitrogen and oxygen atoms in total. The first-order valence-corrected chi connectivity index (χ1v) is 3.89. The van der Waals surface area contributed by atoms with E-state index in [2.05, 4.69) is 13.2 Å². The Morgan fingerprint density at radius 2 is 2.18 bits per heavy atom. The zero-order valence-electron chi connectivity index (χ0n) is 6.47. The van der Waals surface area contributed by atoms with Crippen molar-refractivity contribution in [1.29, 1.82) is 0 Å². The molecule has 58 valence electrons. The number of rotatable bonds is 0. The van der Waals surface area contributed by atoms with Crippen LogP contribution in [-0.2, 0) is 4.79 Å². The molecule has 2 heteroatoms. The van der Waals surface area contributed by atoms with Gasteiger partial charge in [0.25, 0.3) is 0 Å². The fourth-order valence-electron chi connectivity index (χ4n) is 1.88. The molecule has 0 aromatic heterocycles. The summed E-state index contributed by atoms with van der Waals surface area (Å²) in [5, 5.41) is 0. The van der Waals surface area contributed by atoms with E-state index in [9.17, 15) is 4.79 Å². The number of carbonyl (C=O) groups excluding carboxylic acids is 1. The summed E-state index contributed by atoms with van der Waals surface area (Å²) < 4.78 is 0. The van der Waals surface area contributed by atoms with E-state index in [0.717, 1.165) is 24.1 Å². The number of hydrogen-bond donors (Lipinski definition) is 0. The lowest BCUT2D eigenvalue weighted by Gasteiger charge is -2.14. The molecule has 2 fully saturated rings. The van der Waals surface area contributed by atoms with Crippen molar-refractivity contribution >= 4 is 5.91 Å². The Morgan fingerprint density at radius 1 is 1.45 bits per heavy atom. The van der Waals surface area contributed by atoms with Crippen LogP contribution < -0.4 is 0 Å². The largest absolute Gasteiger partial charge is 0.309 e. The summed E-state index contributed by atoms with van der Waals surface area (Å²) in [6, 6.07) is 0.391. The molecule has 0 aromatic rings. The first-order chi connectivity index (χ1) is 5.20. The van der Waals surface area contributed by atoms with Crippen LogP contribution in [0.2, 0.25) is 0 Å². The van der Waals surface area contributed by atoms with E-state index in [1.807, 2.05) is 4.90 Å². The third kappa shape index (κ3) is 0.754. The Kier molecular flexibility index (Phi) is 1.19. The molecule has 0 N–H and O–H groups in total. The summed E-state index contributed by atoms with van der Waals surface area (Å²) >= 11 is 0. The summed E-state index contributed by atoms with van der Waals surface area (Å²) in [4.78, 5) is 13.0. The maximum atomic E-state index is 11.2. The molecule has 11 heavy (non-hydrogen) atoms. The van der Waals surface area contributed by atoms with Crippen LogP contribution in [0.3, 0.4) is 0 Å². The highest BCUT2D eigenvalue weighted by atomic mass is 16.2. The van der Waals surface area contributed by atoms with Crippen molar-refractivity contribution in [2.75, 3.05) is 0 Å². The molecule has 0 saturated carbocycles. The lowest BCUT2D eigenvalue weighted by molar-refractivity contribution is -0.126. The van der Waals surface area contributed by atoms with Gasteiger partial charge in [-0.15, -0.1) is 0 Å². The van der Waals surface area contributed by atoms with E-state index in [0.29, 0.717) is 12.5 Å². The first-order valence-electron chi connectivity index (χ1n) is 3.89. The normalized spacial score (nSPS) is 30.0. The van der Waals surface area contributed by atoms with Crippen LogP contribution >= 0.6 is 0 Å². The fraction of sp³-hybridized carbons (Fsp3) is 0.444. The average molecular weight is 149 g/mol. The average Bonchev–Trinajstić information content (AvgIpc) is 2.41. The summed E-state index contributed by atoms with van der Waals surface area (Å²) in [5.41, 5.74) is 1.88. The van der Waals surface area contributed by atoms with Crippen LogP contribution in [0.1, 0.15) is 19.3 Å². The second-order valence-electron chi connectivity index (χ2n) is 3.21. The van der Waals surface area contributed by atoms with Crippen LogP contribution in [0.25, 0.3) is 0 Å². The lowest BCUT2D eigenvalue weighted by atomic mass is 10.1. The number of nitrogens with zero attached hydrogens (tertiary/aromatic N) is 1. The molecule has 0 aliphatic carbocycles. The van der Waals surface area contributed by atoms with Gasteiger partial charge in [0, 0.05) is 18.2 Å². The second-order valence-corrected chi connectivity index (χ2v) is 3.21. The zero-order chi connectivity index (χ0) is 8.01. The first kappa shape index (κ1) is 6.65. The van der Waals surface area contributed by atoms with Crippen molar-refractivity contribution in [3.05, 3.63) is 24.4 Å². The smallest absolute Gasteiger partial charge is 0.227 e. The molecule has 0 bridgehead atoms. The van der Waals surface area contributed by atoms with Gasteiger partial charge in [-0.3, -0.25) is 4.79 Å². The van der Waals surface area contributed by atoms with Gasteiger partial charge in [-0.05, 0) is 18.4 Å². The molecule has 2 rings (SSSR count). The number of amides is 1. The van der Waals surface area contributed by atoms with Crippen molar-refractivity contribution in [2.45, 2.75) is 25.3 Å². The highest BCUT2D eigenvalue weighted by Gasteiger charge is 2.38. The predicted molar refractivity (Wildman–Crippen MR) is 42.8 cm³/mol. The maximum Gasteiger partial charge on any atom is 0.227 e. The van der Waals surface area contributed by atoms with Gasteiger partial charge >= 0.3 is 0 Å². The molecule has 0 aromatic carbocycles. The third-order valence-corrected chi connectivity index (χ3v) is 2.51. The van der Waals surface area contributed by atoms with Crippen molar-refractivity contribution in [3.63, 3.8) is 0 Å². The van der Waals surface area contributed by atoms with Crippen molar-refractivity contribution < 1.29 is 4.79 Å². The molecular formula is C9H11NO. The molecule has 0 radical (unpaired) electrons. The number of fused-ring (bicyclic) bond motifs is 1. The highest BCUT2D eigenvalue weighted by molar-refractivity contribution is 5.82. The Labute approximate surface area is 66.2 Å². The second kappa shape index (κ2) is 1.97. The standard InChI is InChI=1S/C9H11NO/c1-6-5-8-3-4-9(11)10(8)7(6)2/h8H,1-5H2. The Hall–Kier alpha value is -1.05. The minimum atomic E-state index is 0.221. The molecule has 1 unspecified atom stereocenters. The van der Waals surface area contributed by atoms with E-state index in [1.165, 1.54) is 0 Å². The van der Waals surface area contributed by atoms with E-state index < -0.39 is 0 Å². The van der Waals surface area contributed by atoms with Crippen molar-refractivity contribution in [3.8, 4) is 0 Å². The van der Waals surface area contributed by atoms with Gasteiger partial charge in [0.1, 0.15) is 0 Å². The molecule has 2 heterocycles. The van der Waals surface area contributed by atoms with Gasteiger partial charge in [-0.2, -0.15) is 0 Å². The number of hydrogen-bond acceptors (Lipinski definition) is 1. The predicted octanol–water partition coefficient (Wildman–Crippen LogP) is 1.45. The van der Waals surface area contributed by atoms with Crippen LogP contribution in [0.4, 0.5) is 0 Å². The highest BCUT2D eigenvalue weighted by Crippen LogP contribution is 2.37. The summed E-state index contributed by atoms with van der Waals surface area (Å²) in [6.07, 6.45) is 2.61. The van der Waals surface area contributed by atoms with E-state index >= 15 is 0 Å². The monoisotopic (exact) mass is 149 g/mol. The van der Waals surface area contributed by atoms with Gasteiger partial charge in [0.2, 0.25) is 5.91 Å². The third-order valence-electron chi connectivity index (χ3n) is 2.51. The summed E-state index contributed by atoms with van der Waals surface area (Å²) in [6.45, 7) is 7.69. The fourth-order valence-corrected chi connectivity index (χ4v) is 1.88. The molecule has 0 spiro atoms. The van der Waals surface area contributed by atoms with Gasteiger partial charge in [-0.25, -0.2) is 0 Å². The van der Waals surface area contributed by atoms with Crippen LogP contribution in [0.5, 0.6) is 0 Å². The van der Waals surface area contributed by atoms with Crippen molar-refractivity contribution in [1.82, 2.24) is 4.90 Å².